The molecule has 0 aromatic carbocycles. The monoisotopic (exact) mass is 341 g/mol. The molecule has 136 valence electrons. The van der Waals surface area contributed by atoms with E-state index in [1.54, 1.807) is 5.57 Å². The molecule has 0 N–H and O–H groups in total. The summed E-state index contributed by atoms with van der Waals surface area (Å²) < 4.78 is 6.37. The van der Waals surface area contributed by atoms with Gasteiger partial charge in [0.2, 0.25) is 0 Å². The van der Waals surface area contributed by atoms with Gasteiger partial charge in [-0.1, -0.05) is 18.6 Å². The minimum atomic E-state index is -0.235. The van der Waals surface area contributed by atoms with Gasteiger partial charge in [-0.15, -0.1) is 0 Å². The van der Waals surface area contributed by atoms with Crippen molar-refractivity contribution in [2.24, 2.45) is 29.1 Å². The number of ether oxygens (including phenoxy) is 1. The van der Waals surface area contributed by atoms with Gasteiger partial charge in [-0.25, -0.2) is 0 Å². The Balaban J connectivity index is 1.54. The number of carbonyl (C=O) groups excluding carboxylic acids is 1. The first-order valence-electron chi connectivity index (χ1n) is 10.7. The average Bonchev–Trinajstić information content (AvgIpc) is 3.27. The van der Waals surface area contributed by atoms with Crippen molar-refractivity contribution >= 4 is 5.97 Å². The van der Waals surface area contributed by atoms with Gasteiger partial charge in [0, 0.05) is 36.4 Å². The van der Waals surface area contributed by atoms with Crippen LogP contribution in [0.4, 0.5) is 0 Å². The molecular weight excluding hydrogens is 310 g/mol. The van der Waals surface area contributed by atoms with Crippen LogP contribution in [0.25, 0.3) is 0 Å². The Morgan fingerprint density at radius 2 is 2.08 bits per heavy atom. The van der Waals surface area contributed by atoms with E-state index in [1.807, 2.05) is 0 Å². The third-order valence-electron chi connectivity index (χ3n) is 9.55. The molecule has 2 saturated carbocycles. The molecule has 0 aromatic rings. The normalized spacial score (nSPS) is 56.6. The van der Waals surface area contributed by atoms with Crippen LogP contribution in [-0.2, 0) is 9.53 Å². The van der Waals surface area contributed by atoms with Crippen LogP contribution >= 0.6 is 0 Å². The molecular formula is C22H31NO2. The zero-order chi connectivity index (χ0) is 17.0. The number of allylic oxidation sites excluding steroid dienone is 1. The highest BCUT2D eigenvalue weighted by Gasteiger charge is 2.73. The standard InChI is InChI=1S/C22H31NO2/c1-13-12-23-19-16-5-3-4-14(16)6-7-17(19)21(2)22(11-9-18(24)25-21)10-8-15(13)20(22)23/h5,13-15,17,19-20H,3-4,6-12H2,1-2H3. The van der Waals surface area contributed by atoms with Crippen molar-refractivity contribution in [1.82, 2.24) is 4.90 Å². The summed E-state index contributed by atoms with van der Waals surface area (Å²) in [7, 11) is 0. The lowest BCUT2D eigenvalue weighted by molar-refractivity contribution is -0.242. The fourth-order valence-corrected chi connectivity index (χ4v) is 8.62. The molecule has 3 saturated heterocycles. The van der Waals surface area contributed by atoms with E-state index in [2.05, 4.69) is 24.8 Å². The highest BCUT2D eigenvalue weighted by atomic mass is 16.6. The summed E-state index contributed by atoms with van der Waals surface area (Å²) in [6.07, 6.45) is 12.1. The minimum Gasteiger partial charge on any atom is -0.458 e. The fourth-order valence-electron chi connectivity index (χ4n) is 8.62. The molecule has 6 aliphatic rings. The van der Waals surface area contributed by atoms with Crippen molar-refractivity contribution in [3.8, 4) is 0 Å². The third kappa shape index (κ3) is 1.62. The van der Waals surface area contributed by atoms with E-state index < -0.39 is 0 Å². The Labute approximate surface area is 151 Å². The van der Waals surface area contributed by atoms with Crippen molar-refractivity contribution in [3.05, 3.63) is 11.6 Å². The summed E-state index contributed by atoms with van der Waals surface area (Å²) in [6.45, 7) is 6.10. The molecule has 6 rings (SSSR count). The van der Waals surface area contributed by atoms with Crippen molar-refractivity contribution in [2.45, 2.75) is 82.9 Å². The van der Waals surface area contributed by atoms with Crippen LogP contribution in [0.3, 0.4) is 0 Å². The van der Waals surface area contributed by atoms with Crippen molar-refractivity contribution in [1.29, 1.82) is 0 Å². The maximum absolute atomic E-state index is 12.4. The summed E-state index contributed by atoms with van der Waals surface area (Å²) in [5.74, 6) is 3.01. The minimum absolute atomic E-state index is 0.0670. The maximum Gasteiger partial charge on any atom is 0.306 e. The Morgan fingerprint density at radius 1 is 1.20 bits per heavy atom. The lowest BCUT2D eigenvalue weighted by Crippen LogP contribution is -2.73. The fraction of sp³-hybridized carbons (Fsp3) is 0.864. The molecule has 0 radical (unpaired) electrons. The van der Waals surface area contributed by atoms with Gasteiger partial charge >= 0.3 is 5.97 Å². The molecule has 0 bridgehead atoms. The predicted octanol–water partition coefficient (Wildman–Crippen LogP) is 3.93. The first-order valence-corrected chi connectivity index (χ1v) is 10.7. The molecule has 8 unspecified atom stereocenters. The van der Waals surface area contributed by atoms with Crippen LogP contribution in [0.15, 0.2) is 11.6 Å². The summed E-state index contributed by atoms with van der Waals surface area (Å²) in [6, 6.07) is 1.21. The van der Waals surface area contributed by atoms with E-state index in [9.17, 15) is 4.79 Å². The molecule has 0 amide bonds. The molecule has 25 heavy (non-hydrogen) atoms. The third-order valence-corrected chi connectivity index (χ3v) is 9.55. The van der Waals surface area contributed by atoms with Crippen LogP contribution < -0.4 is 0 Å². The average molecular weight is 341 g/mol. The molecule has 0 aromatic heterocycles. The highest BCUT2D eigenvalue weighted by Crippen LogP contribution is 2.69. The van der Waals surface area contributed by atoms with E-state index >= 15 is 0 Å². The second-order valence-electron chi connectivity index (χ2n) is 10.2. The molecule has 3 aliphatic heterocycles. The first kappa shape index (κ1) is 15.2. The van der Waals surface area contributed by atoms with Crippen LogP contribution in [0.2, 0.25) is 0 Å². The molecule has 3 heterocycles. The first-order chi connectivity index (χ1) is 12.1. The zero-order valence-electron chi connectivity index (χ0n) is 15.7. The number of fused-ring (bicyclic) bond motifs is 5. The lowest BCUT2D eigenvalue weighted by atomic mass is 9.52. The lowest BCUT2D eigenvalue weighted by Gasteiger charge is -2.65. The van der Waals surface area contributed by atoms with Gasteiger partial charge in [-0.3, -0.25) is 9.69 Å². The highest BCUT2D eigenvalue weighted by molar-refractivity contribution is 5.71. The number of hydrogen-bond acceptors (Lipinski definition) is 3. The summed E-state index contributed by atoms with van der Waals surface area (Å²) in [5, 5.41) is 0. The van der Waals surface area contributed by atoms with E-state index in [4.69, 9.17) is 4.74 Å². The van der Waals surface area contributed by atoms with Crippen LogP contribution in [-0.4, -0.2) is 35.1 Å². The summed E-state index contributed by atoms with van der Waals surface area (Å²) >= 11 is 0. The second kappa shape index (κ2) is 4.71. The SMILES string of the molecule is CC1CN2C3C4=CCCC4CCC3C3(C)OC(=O)CCC34CCC1C24. The number of nitrogens with zero attached hydrogens (tertiary/aromatic N) is 1. The number of esters is 1. The largest absolute Gasteiger partial charge is 0.458 e. The predicted molar refractivity (Wildman–Crippen MR) is 95.9 cm³/mol. The molecule has 8 atom stereocenters. The van der Waals surface area contributed by atoms with Gasteiger partial charge in [0.15, 0.2) is 0 Å². The van der Waals surface area contributed by atoms with E-state index in [1.165, 1.54) is 45.1 Å². The zero-order valence-corrected chi connectivity index (χ0v) is 15.7. The Hall–Kier alpha value is -0.830. The topological polar surface area (TPSA) is 29.5 Å². The maximum atomic E-state index is 12.4. The second-order valence-corrected chi connectivity index (χ2v) is 10.2. The van der Waals surface area contributed by atoms with Gasteiger partial charge < -0.3 is 4.74 Å². The van der Waals surface area contributed by atoms with Crippen LogP contribution in [0, 0.1) is 29.1 Å². The summed E-state index contributed by atoms with van der Waals surface area (Å²) in [5.41, 5.74) is 1.72. The van der Waals surface area contributed by atoms with Crippen molar-refractivity contribution < 1.29 is 9.53 Å². The number of piperidine rings is 1. The smallest absolute Gasteiger partial charge is 0.306 e. The molecule has 1 spiro atoms. The number of hydrogen-bond donors (Lipinski definition) is 0. The number of rotatable bonds is 0. The van der Waals surface area contributed by atoms with Crippen molar-refractivity contribution in [2.75, 3.05) is 6.54 Å². The Morgan fingerprint density at radius 3 is 2.96 bits per heavy atom. The van der Waals surface area contributed by atoms with Crippen LogP contribution in [0.5, 0.6) is 0 Å². The van der Waals surface area contributed by atoms with Crippen molar-refractivity contribution in [3.63, 3.8) is 0 Å². The van der Waals surface area contributed by atoms with Crippen LogP contribution in [0.1, 0.15) is 65.2 Å². The molecule has 3 aliphatic carbocycles. The van der Waals surface area contributed by atoms with Gasteiger partial charge in [0.25, 0.3) is 0 Å². The molecule has 3 heteroatoms. The van der Waals surface area contributed by atoms with Gasteiger partial charge in [0.05, 0.1) is 0 Å². The Kier molecular flexibility index (Phi) is 2.87. The number of carbonyl (C=O) groups is 1. The Bertz CT molecular complexity index is 671. The molecule has 3 nitrogen and oxygen atoms in total. The molecule has 5 fully saturated rings. The van der Waals surface area contributed by atoms with Gasteiger partial charge in [0.1, 0.15) is 5.60 Å². The van der Waals surface area contributed by atoms with E-state index in [-0.39, 0.29) is 17.0 Å². The van der Waals surface area contributed by atoms with Gasteiger partial charge in [-0.2, -0.15) is 0 Å². The summed E-state index contributed by atoms with van der Waals surface area (Å²) in [4.78, 5) is 15.3. The van der Waals surface area contributed by atoms with E-state index in [0.29, 0.717) is 24.4 Å². The van der Waals surface area contributed by atoms with E-state index in [0.717, 1.165) is 24.2 Å². The van der Waals surface area contributed by atoms with Gasteiger partial charge in [-0.05, 0) is 69.6 Å². The quantitative estimate of drug-likeness (QED) is 0.494.